The van der Waals surface area contributed by atoms with Crippen molar-refractivity contribution in [3.05, 3.63) is 64.2 Å². The molecule has 0 aromatic heterocycles. The monoisotopic (exact) mass is 346 g/mol. The highest BCUT2D eigenvalue weighted by molar-refractivity contribution is 6.31. The molecule has 124 valence electrons. The molecule has 0 radical (unpaired) electrons. The summed E-state index contributed by atoms with van der Waals surface area (Å²) < 4.78 is 40.1. The lowest BCUT2D eigenvalue weighted by molar-refractivity contribution is -0.274. The summed E-state index contributed by atoms with van der Waals surface area (Å²) in [7, 11) is 0. The van der Waals surface area contributed by atoms with Crippen LogP contribution in [0.2, 0.25) is 5.02 Å². The van der Waals surface area contributed by atoms with Gasteiger partial charge in [-0.2, -0.15) is 0 Å². The highest BCUT2D eigenvalue weighted by atomic mass is 35.5. The van der Waals surface area contributed by atoms with E-state index < -0.39 is 19.1 Å². The number of aliphatic hydroxyl groups excluding tert-OH is 2. The Morgan fingerprint density at radius 2 is 1.74 bits per heavy atom. The number of hydrogen-bond acceptors (Lipinski definition) is 3. The zero-order valence-corrected chi connectivity index (χ0v) is 12.6. The van der Waals surface area contributed by atoms with E-state index in [9.17, 15) is 18.3 Å². The van der Waals surface area contributed by atoms with Crippen molar-refractivity contribution >= 4 is 11.6 Å². The molecule has 0 aliphatic rings. The summed E-state index contributed by atoms with van der Waals surface area (Å²) in [6.45, 7) is -0.412. The number of ether oxygens (including phenoxy) is 1. The summed E-state index contributed by atoms with van der Waals surface area (Å²) in [6.07, 6.45) is -5.36. The van der Waals surface area contributed by atoms with E-state index in [0.717, 1.165) is 5.56 Å². The molecule has 0 aliphatic heterocycles. The van der Waals surface area contributed by atoms with E-state index in [4.69, 9.17) is 16.7 Å². The van der Waals surface area contributed by atoms with Crippen molar-refractivity contribution in [3.8, 4) is 5.75 Å². The van der Waals surface area contributed by atoms with Crippen LogP contribution in [0.15, 0.2) is 42.5 Å². The lowest BCUT2D eigenvalue weighted by Gasteiger charge is -2.12. The fraction of sp³-hybridized carbons (Fsp3) is 0.250. The molecule has 0 saturated heterocycles. The number of halogens is 4. The van der Waals surface area contributed by atoms with Crippen molar-refractivity contribution in [1.29, 1.82) is 0 Å². The van der Waals surface area contributed by atoms with E-state index in [2.05, 4.69) is 4.74 Å². The zero-order valence-electron chi connectivity index (χ0n) is 11.8. The lowest BCUT2D eigenvalue weighted by atomic mass is 10.0. The molecule has 0 saturated carbocycles. The van der Waals surface area contributed by atoms with Gasteiger partial charge in [0, 0.05) is 5.02 Å². The van der Waals surface area contributed by atoms with Crippen LogP contribution in [-0.2, 0) is 6.42 Å². The normalized spacial score (nSPS) is 13.0. The minimum Gasteiger partial charge on any atom is -0.406 e. The Labute approximate surface area is 135 Å². The molecule has 0 spiro atoms. The Hall–Kier alpha value is -1.76. The highest BCUT2D eigenvalue weighted by Crippen LogP contribution is 2.26. The number of alkyl halides is 3. The van der Waals surface area contributed by atoms with Gasteiger partial charge in [0.15, 0.2) is 0 Å². The molecule has 0 heterocycles. The Kier molecular flexibility index (Phi) is 5.51. The Balaban J connectivity index is 2.16. The average molecular weight is 347 g/mol. The summed E-state index contributed by atoms with van der Waals surface area (Å²) in [6, 6.07) is 10.3. The molecule has 1 unspecified atom stereocenters. The van der Waals surface area contributed by atoms with Crippen LogP contribution < -0.4 is 4.74 Å². The second-order valence-electron chi connectivity index (χ2n) is 4.92. The minimum atomic E-state index is -4.72. The van der Waals surface area contributed by atoms with Crippen LogP contribution in [0.1, 0.15) is 22.8 Å². The third-order valence-electron chi connectivity index (χ3n) is 3.18. The maximum absolute atomic E-state index is 12.1. The van der Waals surface area contributed by atoms with E-state index in [1.54, 1.807) is 18.2 Å². The third kappa shape index (κ3) is 5.13. The smallest absolute Gasteiger partial charge is 0.406 e. The highest BCUT2D eigenvalue weighted by Gasteiger charge is 2.30. The van der Waals surface area contributed by atoms with E-state index in [1.165, 1.54) is 24.3 Å². The molecule has 1 atom stereocenters. The van der Waals surface area contributed by atoms with Crippen LogP contribution >= 0.6 is 11.6 Å². The van der Waals surface area contributed by atoms with Gasteiger partial charge in [0.05, 0.1) is 6.61 Å². The molecule has 7 heteroatoms. The van der Waals surface area contributed by atoms with Gasteiger partial charge in [0.2, 0.25) is 0 Å². The van der Waals surface area contributed by atoms with Crippen LogP contribution in [0, 0.1) is 0 Å². The SMILES string of the molecule is OCC(O)c1ccc(Cl)c(Cc2ccc(OC(F)(F)F)cc2)c1. The first-order valence-electron chi connectivity index (χ1n) is 6.70. The predicted molar refractivity (Wildman–Crippen MR) is 79.4 cm³/mol. The number of aliphatic hydroxyl groups is 2. The molecule has 0 bridgehead atoms. The van der Waals surface area contributed by atoms with Gasteiger partial charge < -0.3 is 14.9 Å². The molecule has 3 nitrogen and oxygen atoms in total. The molecule has 0 aliphatic carbocycles. The number of rotatable bonds is 5. The molecule has 23 heavy (non-hydrogen) atoms. The van der Waals surface area contributed by atoms with Crippen LogP contribution in [0.3, 0.4) is 0 Å². The van der Waals surface area contributed by atoms with E-state index >= 15 is 0 Å². The van der Waals surface area contributed by atoms with Crippen LogP contribution in [0.4, 0.5) is 13.2 Å². The van der Waals surface area contributed by atoms with E-state index in [0.29, 0.717) is 22.6 Å². The number of hydrogen-bond donors (Lipinski definition) is 2. The van der Waals surface area contributed by atoms with Crippen LogP contribution in [0.5, 0.6) is 5.75 Å². The third-order valence-corrected chi connectivity index (χ3v) is 3.55. The van der Waals surface area contributed by atoms with Gasteiger partial charge in [-0.15, -0.1) is 13.2 Å². The molecule has 2 aromatic rings. The van der Waals surface area contributed by atoms with Crippen molar-refractivity contribution in [2.75, 3.05) is 6.61 Å². The summed E-state index contributed by atoms with van der Waals surface area (Å²) in [5.74, 6) is -0.295. The van der Waals surface area contributed by atoms with Crippen molar-refractivity contribution in [2.24, 2.45) is 0 Å². The standard InChI is InChI=1S/C16H14ClF3O3/c17-14-6-3-11(15(22)9-21)8-12(14)7-10-1-4-13(5-2-10)23-16(18,19)20/h1-6,8,15,21-22H,7,9H2. The summed E-state index contributed by atoms with van der Waals surface area (Å²) in [4.78, 5) is 0. The van der Waals surface area contributed by atoms with Gasteiger partial charge in [0.25, 0.3) is 0 Å². The Bertz CT molecular complexity index is 657. The first-order valence-corrected chi connectivity index (χ1v) is 7.08. The molecule has 2 aromatic carbocycles. The van der Waals surface area contributed by atoms with Gasteiger partial charge in [-0.05, 0) is 41.3 Å². The molecular formula is C16H14ClF3O3. The fourth-order valence-electron chi connectivity index (χ4n) is 2.07. The van der Waals surface area contributed by atoms with Gasteiger partial charge in [-0.3, -0.25) is 0 Å². The first-order chi connectivity index (χ1) is 10.8. The quantitative estimate of drug-likeness (QED) is 0.864. The summed E-state index contributed by atoms with van der Waals surface area (Å²) in [5, 5.41) is 19.1. The zero-order chi connectivity index (χ0) is 17.0. The van der Waals surface area contributed by atoms with Gasteiger partial charge in [-0.1, -0.05) is 35.9 Å². The molecule has 2 N–H and O–H groups in total. The second kappa shape index (κ2) is 7.21. The van der Waals surface area contributed by atoms with Crippen LogP contribution in [-0.4, -0.2) is 23.2 Å². The van der Waals surface area contributed by atoms with Crippen molar-refractivity contribution < 1.29 is 28.1 Å². The van der Waals surface area contributed by atoms with Crippen molar-refractivity contribution in [2.45, 2.75) is 18.9 Å². The minimum absolute atomic E-state index is 0.295. The average Bonchev–Trinajstić information content (AvgIpc) is 2.49. The molecule has 0 amide bonds. The predicted octanol–water partition coefficient (Wildman–Crippen LogP) is 3.86. The van der Waals surface area contributed by atoms with Gasteiger partial charge in [0.1, 0.15) is 11.9 Å². The van der Waals surface area contributed by atoms with Gasteiger partial charge in [-0.25, -0.2) is 0 Å². The fourth-order valence-corrected chi connectivity index (χ4v) is 2.26. The maximum atomic E-state index is 12.1. The lowest BCUT2D eigenvalue weighted by Crippen LogP contribution is -2.17. The summed E-state index contributed by atoms with van der Waals surface area (Å²) >= 11 is 6.09. The van der Waals surface area contributed by atoms with Crippen molar-refractivity contribution in [3.63, 3.8) is 0 Å². The Morgan fingerprint density at radius 1 is 1.09 bits per heavy atom. The molecule has 2 rings (SSSR count). The van der Waals surface area contributed by atoms with Crippen molar-refractivity contribution in [1.82, 2.24) is 0 Å². The Morgan fingerprint density at radius 3 is 2.30 bits per heavy atom. The van der Waals surface area contributed by atoms with Gasteiger partial charge >= 0.3 is 6.36 Å². The molecular weight excluding hydrogens is 333 g/mol. The number of benzene rings is 2. The van der Waals surface area contributed by atoms with Crippen LogP contribution in [0.25, 0.3) is 0 Å². The summed E-state index contributed by atoms with van der Waals surface area (Å²) in [5.41, 5.74) is 1.95. The topological polar surface area (TPSA) is 49.7 Å². The molecule has 0 fully saturated rings. The maximum Gasteiger partial charge on any atom is 0.573 e. The first kappa shape index (κ1) is 17.6. The van der Waals surface area contributed by atoms with E-state index in [1.807, 2.05) is 0 Å². The second-order valence-corrected chi connectivity index (χ2v) is 5.32. The van der Waals surface area contributed by atoms with E-state index in [-0.39, 0.29) is 5.75 Å². The largest absolute Gasteiger partial charge is 0.573 e.